The van der Waals surface area contributed by atoms with Crippen molar-refractivity contribution in [2.45, 2.75) is 6.92 Å². The van der Waals surface area contributed by atoms with Crippen LogP contribution in [-0.4, -0.2) is 66.3 Å². The Kier molecular flexibility index (Phi) is 9.18. The van der Waals surface area contributed by atoms with Crippen molar-refractivity contribution in [1.82, 2.24) is 10.6 Å². The van der Waals surface area contributed by atoms with Gasteiger partial charge >= 0.3 is 0 Å². The maximum atomic E-state index is 10.9. The van der Waals surface area contributed by atoms with Crippen molar-refractivity contribution in [3.05, 3.63) is 29.8 Å². The Labute approximate surface area is 144 Å². The Hall–Kier alpha value is -1.80. The van der Waals surface area contributed by atoms with Gasteiger partial charge in [0.05, 0.1) is 25.5 Å². The molecule has 24 heavy (non-hydrogen) atoms. The zero-order valence-electron chi connectivity index (χ0n) is 14.5. The average molecular weight is 357 g/mol. The van der Waals surface area contributed by atoms with Crippen LogP contribution in [0.15, 0.2) is 29.3 Å². The second-order valence-corrected chi connectivity index (χ2v) is 7.59. The van der Waals surface area contributed by atoms with Crippen LogP contribution >= 0.6 is 0 Å². The van der Waals surface area contributed by atoms with E-state index in [1.807, 2.05) is 31.2 Å². The summed E-state index contributed by atoms with van der Waals surface area (Å²) in [6.45, 7) is 4.33. The van der Waals surface area contributed by atoms with E-state index in [9.17, 15) is 8.42 Å². The molecule has 0 aromatic heterocycles. The van der Waals surface area contributed by atoms with Crippen molar-refractivity contribution in [3.63, 3.8) is 0 Å². The molecule has 0 aliphatic rings. The fourth-order valence-electron chi connectivity index (χ4n) is 1.75. The predicted molar refractivity (Wildman–Crippen MR) is 96.6 cm³/mol. The molecule has 0 spiro atoms. The normalized spacial score (nSPS) is 12.0. The molecule has 0 aliphatic heterocycles. The van der Waals surface area contributed by atoms with Crippen LogP contribution in [0, 0.1) is 6.92 Å². The topological polar surface area (TPSA) is 89.0 Å². The van der Waals surface area contributed by atoms with Crippen LogP contribution in [0.25, 0.3) is 0 Å². The van der Waals surface area contributed by atoms with Gasteiger partial charge < -0.3 is 20.1 Å². The number of sulfone groups is 1. The van der Waals surface area contributed by atoms with E-state index in [1.54, 1.807) is 7.05 Å². The monoisotopic (exact) mass is 357 g/mol. The molecule has 2 N–H and O–H groups in total. The zero-order valence-corrected chi connectivity index (χ0v) is 15.4. The molecule has 0 radical (unpaired) electrons. The van der Waals surface area contributed by atoms with Gasteiger partial charge in [-0.2, -0.15) is 0 Å². The van der Waals surface area contributed by atoms with E-state index in [4.69, 9.17) is 9.47 Å². The van der Waals surface area contributed by atoms with Crippen molar-refractivity contribution in [2.24, 2.45) is 4.99 Å². The van der Waals surface area contributed by atoms with E-state index in [0.29, 0.717) is 32.3 Å². The first-order valence-electron chi connectivity index (χ1n) is 7.80. The van der Waals surface area contributed by atoms with Crippen molar-refractivity contribution < 1.29 is 17.9 Å². The highest BCUT2D eigenvalue weighted by Crippen LogP contribution is 2.10. The lowest BCUT2D eigenvalue weighted by molar-refractivity contribution is 0.154. The summed E-state index contributed by atoms with van der Waals surface area (Å²) in [5.41, 5.74) is 1.20. The number of aryl methyl sites for hydroxylation is 1. The molecule has 8 heteroatoms. The van der Waals surface area contributed by atoms with E-state index in [2.05, 4.69) is 15.6 Å². The second-order valence-electron chi connectivity index (χ2n) is 5.33. The smallest absolute Gasteiger partial charge is 0.191 e. The summed E-state index contributed by atoms with van der Waals surface area (Å²) < 4.78 is 32.8. The Morgan fingerprint density at radius 2 is 1.71 bits per heavy atom. The number of benzene rings is 1. The lowest BCUT2D eigenvalue weighted by atomic mass is 10.2. The Morgan fingerprint density at radius 3 is 2.29 bits per heavy atom. The number of nitrogens with one attached hydrogen (secondary N) is 2. The van der Waals surface area contributed by atoms with E-state index in [-0.39, 0.29) is 12.4 Å². The summed E-state index contributed by atoms with van der Waals surface area (Å²) in [6, 6.07) is 7.90. The summed E-state index contributed by atoms with van der Waals surface area (Å²) in [5, 5.41) is 6.21. The molecule has 136 valence electrons. The highest BCUT2D eigenvalue weighted by Gasteiger charge is 2.01. The largest absolute Gasteiger partial charge is 0.492 e. The fourth-order valence-corrected chi connectivity index (χ4v) is 2.17. The third-order valence-corrected chi connectivity index (χ3v) is 3.95. The molecule has 0 aliphatic carbocycles. The Morgan fingerprint density at radius 1 is 1.08 bits per heavy atom. The van der Waals surface area contributed by atoms with Crippen LogP contribution in [0.2, 0.25) is 0 Å². The van der Waals surface area contributed by atoms with Crippen LogP contribution in [0.3, 0.4) is 0 Å². The van der Waals surface area contributed by atoms with Gasteiger partial charge in [0.15, 0.2) is 5.96 Å². The van der Waals surface area contributed by atoms with E-state index < -0.39 is 9.84 Å². The van der Waals surface area contributed by atoms with Crippen LogP contribution in [0.5, 0.6) is 5.75 Å². The minimum Gasteiger partial charge on any atom is -0.492 e. The maximum absolute atomic E-state index is 10.9. The minimum atomic E-state index is -2.97. The van der Waals surface area contributed by atoms with E-state index in [0.717, 1.165) is 5.75 Å². The van der Waals surface area contributed by atoms with Crippen molar-refractivity contribution in [2.75, 3.05) is 52.0 Å². The van der Waals surface area contributed by atoms with Crippen LogP contribution in [0.4, 0.5) is 0 Å². The van der Waals surface area contributed by atoms with Gasteiger partial charge in [-0.05, 0) is 19.1 Å². The fraction of sp³-hybridized carbons (Fsp3) is 0.562. The average Bonchev–Trinajstić information content (AvgIpc) is 2.53. The number of hydrogen-bond acceptors (Lipinski definition) is 5. The van der Waals surface area contributed by atoms with Gasteiger partial charge in [0.25, 0.3) is 0 Å². The van der Waals surface area contributed by atoms with Crippen molar-refractivity contribution >= 4 is 15.8 Å². The van der Waals surface area contributed by atoms with Crippen LogP contribution in [-0.2, 0) is 14.6 Å². The highest BCUT2D eigenvalue weighted by molar-refractivity contribution is 7.90. The molecule has 1 rings (SSSR count). The molecule has 0 atom stereocenters. The lowest BCUT2D eigenvalue weighted by Crippen LogP contribution is -2.40. The first-order chi connectivity index (χ1) is 11.4. The summed E-state index contributed by atoms with van der Waals surface area (Å²) in [5.74, 6) is 1.52. The molecule has 0 bridgehead atoms. The number of aliphatic imine (C=N–C) groups is 1. The zero-order chi connectivity index (χ0) is 17.8. The summed E-state index contributed by atoms with van der Waals surface area (Å²) in [6.07, 6.45) is 1.19. The first kappa shape index (κ1) is 20.2. The first-order valence-corrected chi connectivity index (χ1v) is 9.86. The third kappa shape index (κ3) is 10.1. The molecular weight excluding hydrogens is 330 g/mol. The van der Waals surface area contributed by atoms with E-state index >= 15 is 0 Å². The lowest BCUT2D eigenvalue weighted by Gasteiger charge is -2.12. The highest BCUT2D eigenvalue weighted by atomic mass is 32.2. The van der Waals surface area contributed by atoms with Gasteiger partial charge in [-0.25, -0.2) is 8.42 Å². The second kappa shape index (κ2) is 10.9. The molecule has 1 aromatic carbocycles. The number of rotatable bonds is 10. The number of guanidine groups is 1. The molecule has 0 amide bonds. The number of ether oxygens (including phenoxy) is 2. The van der Waals surface area contributed by atoms with Gasteiger partial charge in [-0.3, -0.25) is 4.99 Å². The predicted octanol–water partition coefficient (Wildman–Crippen LogP) is 0.600. The standard InChI is InChI=1S/C16H27N3O4S/c1-14-4-6-15(7-5-14)23-11-9-19-16(17-2)18-8-10-22-12-13-24(3,20)21/h4-7H,8-13H2,1-3H3,(H2,17,18,19). The minimum absolute atomic E-state index is 0.0380. The molecule has 0 fully saturated rings. The van der Waals surface area contributed by atoms with E-state index in [1.165, 1.54) is 11.8 Å². The third-order valence-electron chi connectivity index (χ3n) is 3.05. The molecule has 0 saturated carbocycles. The molecule has 0 heterocycles. The van der Waals surface area contributed by atoms with Crippen LogP contribution < -0.4 is 15.4 Å². The summed E-state index contributed by atoms with van der Waals surface area (Å²) >= 11 is 0. The quantitative estimate of drug-likeness (QED) is 0.362. The van der Waals surface area contributed by atoms with Gasteiger partial charge in [0, 0.05) is 19.8 Å². The molecular formula is C16H27N3O4S. The van der Waals surface area contributed by atoms with Gasteiger partial charge in [0.2, 0.25) is 0 Å². The molecule has 1 aromatic rings. The Balaban J connectivity index is 2.09. The summed E-state index contributed by atoms with van der Waals surface area (Å²) in [7, 11) is -1.29. The van der Waals surface area contributed by atoms with Crippen molar-refractivity contribution in [3.8, 4) is 5.75 Å². The molecule has 7 nitrogen and oxygen atoms in total. The number of hydrogen-bond donors (Lipinski definition) is 2. The SMILES string of the molecule is CN=C(NCCOCCS(C)(=O)=O)NCCOc1ccc(C)cc1. The number of nitrogens with zero attached hydrogens (tertiary/aromatic N) is 1. The molecule has 0 saturated heterocycles. The van der Waals surface area contributed by atoms with Gasteiger partial charge in [-0.15, -0.1) is 0 Å². The summed E-state index contributed by atoms with van der Waals surface area (Å²) in [4.78, 5) is 4.09. The maximum Gasteiger partial charge on any atom is 0.191 e. The molecule has 0 unspecified atom stereocenters. The van der Waals surface area contributed by atoms with Crippen molar-refractivity contribution in [1.29, 1.82) is 0 Å². The van der Waals surface area contributed by atoms with Gasteiger partial charge in [0.1, 0.15) is 22.2 Å². The van der Waals surface area contributed by atoms with Crippen LogP contribution in [0.1, 0.15) is 5.56 Å². The van der Waals surface area contributed by atoms with Gasteiger partial charge in [-0.1, -0.05) is 17.7 Å². The Bertz CT molecular complexity index is 600.